The molecule has 0 unspecified atom stereocenters. The number of hydrogen-bond donors (Lipinski definition) is 2. The summed E-state index contributed by atoms with van der Waals surface area (Å²) < 4.78 is 18.4. The second-order valence-electron chi connectivity index (χ2n) is 5.63. The van der Waals surface area contributed by atoms with E-state index in [9.17, 15) is 14.3 Å². The highest BCUT2D eigenvalue weighted by molar-refractivity contribution is 14.0. The Bertz CT molecular complexity index is 622. The van der Waals surface area contributed by atoms with E-state index in [1.807, 2.05) is 6.92 Å². The molecule has 0 bridgehead atoms. The number of nitrogens with one attached hydrogen (secondary N) is 1. The van der Waals surface area contributed by atoms with E-state index in [0.29, 0.717) is 51.4 Å². The van der Waals surface area contributed by atoms with Gasteiger partial charge in [0.25, 0.3) is 0 Å². The van der Waals surface area contributed by atoms with Crippen molar-refractivity contribution in [2.75, 3.05) is 39.3 Å². The molecule has 1 amide bonds. The van der Waals surface area contributed by atoms with Crippen LogP contribution in [0.25, 0.3) is 0 Å². The summed E-state index contributed by atoms with van der Waals surface area (Å²) in [6.07, 6.45) is -0.288. The van der Waals surface area contributed by atoms with Gasteiger partial charge >= 0.3 is 6.09 Å². The predicted molar refractivity (Wildman–Crippen MR) is 108 cm³/mol. The molecule has 26 heavy (non-hydrogen) atoms. The fourth-order valence-electron chi connectivity index (χ4n) is 2.56. The molecule has 1 aromatic rings. The maximum absolute atomic E-state index is 13.4. The molecular weight excluding hydrogens is 454 g/mol. The third kappa shape index (κ3) is 6.19. The lowest BCUT2D eigenvalue weighted by molar-refractivity contribution is 0.0914. The van der Waals surface area contributed by atoms with Crippen molar-refractivity contribution in [2.24, 2.45) is 4.99 Å². The molecule has 0 aromatic heterocycles. The number of ether oxygens (including phenoxy) is 1. The first-order valence-electron chi connectivity index (χ1n) is 8.47. The van der Waals surface area contributed by atoms with Gasteiger partial charge in [0.2, 0.25) is 0 Å². The van der Waals surface area contributed by atoms with Crippen LogP contribution in [0.3, 0.4) is 0 Å². The van der Waals surface area contributed by atoms with Crippen molar-refractivity contribution in [2.45, 2.75) is 20.4 Å². The number of carbonyl (C=O) groups excluding carboxylic acids is 1. The van der Waals surface area contributed by atoms with E-state index in [1.54, 1.807) is 17.9 Å². The number of halogens is 2. The van der Waals surface area contributed by atoms with Gasteiger partial charge in [-0.1, -0.05) is 6.07 Å². The summed E-state index contributed by atoms with van der Waals surface area (Å²) in [6.45, 7) is 7.57. The fourth-order valence-corrected chi connectivity index (χ4v) is 2.56. The summed E-state index contributed by atoms with van der Waals surface area (Å²) in [4.78, 5) is 20.0. The first kappa shape index (κ1) is 22.3. The van der Waals surface area contributed by atoms with E-state index in [0.717, 1.165) is 5.96 Å². The number of phenols is 1. The minimum atomic E-state index is -0.652. The van der Waals surface area contributed by atoms with Gasteiger partial charge in [0.05, 0.1) is 13.2 Å². The lowest BCUT2D eigenvalue weighted by atomic mass is 10.2. The predicted octanol–water partition coefficient (Wildman–Crippen LogP) is 2.39. The van der Waals surface area contributed by atoms with Crippen LogP contribution in [0.2, 0.25) is 0 Å². The summed E-state index contributed by atoms with van der Waals surface area (Å²) in [6, 6.07) is 4.25. The molecule has 1 fully saturated rings. The number of aromatic hydroxyl groups is 1. The van der Waals surface area contributed by atoms with Gasteiger partial charge in [-0.3, -0.25) is 0 Å². The van der Waals surface area contributed by atoms with E-state index in [1.165, 1.54) is 12.1 Å². The quantitative estimate of drug-likeness (QED) is 0.393. The molecule has 2 rings (SSSR count). The molecule has 0 aliphatic carbocycles. The molecule has 0 radical (unpaired) electrons. The second kappa shape index (κ2) is 11.0. The zero-order chi connectivity index (χ0) is 18.2. The lowest BCUT2D eigenvalue weighted by Crippen LogP contribution is -2.53. The molecule has 1 aliphatic heterocycles. The number of benzene rings is 1. The number of guanidine groups is 1. The Labute approximate surface area is 170 Å². The Morgan fingerprint density at radius 3 is 2.50 bits per heavy atom. The first-order chi connectivity index (χ1) is 12.0. The van der Waals surface area contributed by atoms with Crippen molar-refractivity contribution in [1.29, 1.82) is 0 Å². The summed E-state index contributed by atoms with van der Waals surface area (Å²) in [5.74, 6) is -0.296. The van der Waals surface area contributed by atoms with Crippen molar-refractivity contribution in [3.05, 3.63) is 29.6 Å². The third-order valence-corrected chi connectivity index (χ3v) is 3.86. The maximum Gasteiger partial charge on any atom is 0.409 e. The van der Waals surface area contributed by atoms with Crippen molar-refractivity contribution < 1.29 is 19.0 Å². The van der Waals surface area contributed by atoms with Crippen LogP contribution >= 0.6 is 24.0 Å². The summed E-state index contributed by atoms with van der Waals surface area (Å²) in [5.41, 5.74) is 0.677. The van der Waals surface area contributed by atoms with Crippen molar-refractivity contribution in [3.63, 3.8) is 0 Å². The van der Waals surface area contributed by atoms with E-state index >= 15 is 0 Å². The first-order valence-corrected chi connectivity index (χ1v) is 8.47. The molecule has 1 aromatic carbocycles. The van der Waals surface area contributed by atoms with Gasteiger partial charge in [-0.2, -0.15) is 0 Å². The van der Waals surface area contributed by atoms with Gasteiger partial charge in [0.1, 0.15) is 0 Å². The third-order valence-electron chi connectivity index (χ3n) is 3.86. The molecule has 0 atom stereocenters. The van der Waals surface area contributed by atoms with Crippen LogP contribution in [-0.4, -0.2) is 66.3 Å². The monoisotopic (exact) mass is 480 g/mol. The second-order valence-corrected chi connectivity index (χ2v) is 5.63. The Morgan fingerprint density at radius 2 is 1.92 bits per heavy atom. The van der Waals surface area contributed by atoms with Crippen LogP contribution in [0.15, 0.2) is 23.2 Å². The van der Waals surface area contributed by atoms with Crippen molar-refractivity contribution in [3.8, 4) is 5.75 Å². The number of amides is 1. The zero-order valence-corrected chi connectivity index (χ0v) is 17.4. The molecule has 7 nitrogen and oxygen atoms in total. The van der Waals surface area contributed by atoms with Gasteiger partial charge in [0.15, 0.2) is 17.5 Å². The SMILES string of the molecule is CCNC(=NCc1ccc(O)c(F)c1)N1CCN(C(=O)OCC)CC1.I. The molecule has 2 N–H and O–H groups in total. The van der Waals surface area contributed by atoms with Gasteiger partial charge in [-0.05, 0) is 31.5 Å². The fraction of sp³-hybridized carbons (Fsp3) is 0.529. The van der Waals surface area contributed by atoms with Crippen LogP contribution in [0.5, 0.6) is 5.75 Å². The number of carbonyl (C=O) groups is 1. The summed E-state index contributed by atoms with van der Waals surface area (Å²) >= 11 is 0. The Hall–Kier alpha value is -1.78. The number of rotatable bonds is 4. The van der Waals surface area contributed by atoms with E-state index < -0.39 is 5.82 Å². The molecule has 0 saturated carbocycles. The number of phenolic OH excluding ortho intramolecular Hbond substituents is 1. The summed E-state index contributed by atoms with van der Waals surface area (Å²) in [5, 5.41) is 12.5. The zero-order valence-electron chi connectivity index (χ0n) is 15.1. The number of aliphatic imine (C=N–C) groups is 1. The molecule has 9 heteroatoms. The van der Waals surface area contributed by atoms with Crippen LogP contribution in [0, 0.1) is 5.82 Å². The Morgan fingerprint density at radius 1 is 1.27 bits per heavy atom. The normalized spacial score (nSPS) is 14.7. The number of piperazine rings is 1. The number of hydrogen-bond acceptors (Lipinski definition) is 4. The molecule has 1 saturated heterocycles. The van der Waals surface area contributed by atoms with Gasteiger partial charge < -0.3 is 25.0 Å². The van der Waals surface area contributed by atoms with E-state index in [-0.39, 0.29) is 35.8 Å². The Balaban J connectivity index is 0.00000338. The standard InChI is InChI=1S/C17H25FN4O3.HI/c1-3-19-16(20-12-13-5-6-15(23)14(18)11-13)21-7-9-22(10-8-21)17(24)25-4-2;/h5-6,11,23H,3-4,7-10,12H2,1-2H3,(H,19,20);1H. The average molecular weight is 480 g/mol. The Kier molecular flexibility index (Phi) is 9.46. The molecular formula is C17H26FIN4O3. The van der Waals surface area contributed by atoms with Gasteiger partial charge in [-0.15, -0.1) is 24.0 Å². The van der Waals surface area contributed by atoms with Crippen molar-refractivity contribution in [1.82, 2.24) is 15.1 Å². The summed E-state index contributed by atoms with van der Waals surface area (Å²) in [7, 11) is 0. The van der Waals surface area contributed by atoms with Crippen LogP contribution in [0.4, 0.5) is 9.18 Å². The van der Waals surface area contributed by atoms with Crippen LogP contribution in [0.1, 0.15) is 19.4 Å². The molecule has 146 valence electrons. The largest absolute Gasteiger partial charge is 0.505 e. The smallest absolute Gasteiger partial charge is 0.409 e. The highest BCUT2D eigenvalue weighted by Gasteiger charge is 2.23. The molecule has 0 spiro atoms. The van der Waals surface area contributed by atoms with Crippen LogP contribution in [-0.2, 0) is 11.3 Å². The minimum absolute atomic E-state index is 0. The van der Waals surface area contributed by atoms with Crippen LogP contribution < -0.4 is 5.32 Å². The topological polar surface area (TPSA) is 77.4 Å². The average Bonchev–Trinajstić information content (AvgIpc) is 2.62. The minimum Gasteiger partial charge on any atom is -0.505 e. The van der Waals surface area contributed by atoms with Crippen molar-refractivity contribution >= 4 is 36.0 Å². The highest BCUT2D eigenvalue weighted by atomic mass is 127. The number of nitrogens with zero attached hydrogens (tertiary/aromatic N) is 3. The lowest BCUT2D eigenvalue weighted by Gasteiger charge is -2.35. The van der Waals surface area contributed by atoms with E-state index in [4.69, 9.17) is 4.74 Å². The maximum atomic E-state index is 13.4. The van der Waals surface area contributed by atoms with Gasteiger partial charge in [0, 0.05) is 32.7 Å². The highest BCUT2D eigenvalue weighted by Crippen LogP contribution is 2.16. The molecule has 1 aliphatic rings. The van der Waals surface area contributed by atoms with Gasteiger partial charge in [-0.25, -0.2) is 14.2 Å². The molecule has 1 heterocycles. The van der Waals surface area contributed by atoms with E-state index in [2.05, 4.69) is 15.2 Å².